The Morgan fingerprint density at radius 1 is 1.16 bits per heavy atom. The molecular weight excluding hydrogens is 490 g/mol. The molecule has 1 aromatic carbocycles. The summed E-state index contributed by atoms with van der Waals surface area (Å²) in [7, 11) is 1.32. The van der Waals surface area contributed by atoms with Crippen molar-refractivity contribution in [2.24, 2.45) is 11.7 Å². The van der Waals surface area contributed by atoms with Crippen LogP contribution in [0.4, 0.5) is 4.79 Å². The van der Waals surface area contributed by atoms with E-state index in [-0.39, 0.29) is 18.4 Å². The van der Waals surface area contributed by atoms with E-state index in [2.05, 4.69) is 4.98 Å². The first kappa shape index (κ1) is 27.3. The first-order chi connectivity index (χ1) is 18.2. The summed E-state index contributed by atoms with van der Waals surface area (Å²) < 4.78 is 10.7. The van der Waals surface area contributed by atoms with Crippen LogP contribution >= 0.6 is 0 Å². The summed E-state index contributed by atoms with van der Waals surface area (Å²) in [6.07, 6.45) is 0.856. The molecule has 4 rings (SSSR count). The zero-order valence-corrected chi connectivity index (χ0v) is 22.0. The van der Waals surface area contributed by atoms with Gasteiger partial charge in [-0.25, -0.2) is 10.3 Å². The minimum atomic E-state index is -1.31. The lowest BCUT2D eigenvalue weighted by atomic mass is 9.87. The Bertz CT molecular complexity index is 1160. The van der Waals surface area contributed by atoms with E-state index in [1.807, 2.05) is 26.0 Å². The smallest absolute Gasteiger partial charge is 0.409 e. The highest BCUT2D eigenvalue weighted by atomic mass is 16.5. The van der Waals surface area contributed by atoms with Crippen molar-refractivity contribution < 1.29 is 29.1 Å². The molecule has 0 radical (unpaired) electrons. The molecule has 11 heteroatoms. The van der Waals surface area contributed by atoms with Crippen molar-refractivity contribution >= 4 is 17.9 Å². The molecule has 1 aromatic heterocycles. The van der Waals surface area contributed by atoms with Gasteiger partial charge in [0.1, 0.15) is 23.9 Å². The summed E-state index contributed by atoms with van der Waals surface area (Å²) in [5.74, 6) is -0.644. The van der Waals surface area contributed by atoms with Gasteiger partial charge in [0, 0.05) is 31.0 Å². The molecule has 3 amide bonds. The second kappa shape index (κ2) is 11.4. The molecule has 0 bridgehead atoms. The van der Waals surface area contributed by atoms with Gasteiger partial charge in [0.15, 0.2) is 0 Å². The van der Waals surface area contributed by atoms with Gasteiger partial charge in [-0.3, -0.25) is 19.8 Å². The lowest BCUT2D eigenvalue weighted by Gasteiger charge is -2.38. The monoisotopic (exact) mass is 525 g/mol. The van der Waals surface area contributed by atoms with Crippen LogP contribution in [0.3, 0.4) is 0 Å². The maximum atomic E-state index is 13.6. The third kappa shape index (κ3) is 5.58. The predicted molar refractivity (Wildman–Crippen MR) is 137 cm³/mol. The molecule has 2 aromatic rings. The van der Waals surface area contributed by atoms with Crippen molar-refractivity contribution in [3.63, 3.8) is 0 Å². The highest BCUT2D eigenvalue weighted by Crippen LogP contribution is 2.36. The van der Waals surface area contributed by atoms with Gasteiger partial charge in [-0.2, -0.15) is 0 Å². The number of aromatic nitrogens is 1. The summed E-state index contributed by atoms with van der Waals surface area (Å²) in [4.78, 5) is 45.6. The number of hydroxylamine groups is 1. The van der Waals surface area contributed by atoms with Gasteiger partial charge in [0.2, 0.25) is 5.91 Å². The third-order valence-electron chi connectivity index (χ3n) is 7.44. The number of methoxy groups -OCH3 is 1. The van der Waals surface area contributed by atoms with Crippen LogP contribution < -0.4 is 16.0 Å². The van der Waals surface area contributed by atoms with E-state index in [4.69, 9.17) is 15.2 Å². The van der Waals surface area contributed by atoms with Gasteiger partial charge < -0.3 is 25.0 Å². The van der Waals surface area contributed by atoms with Gasteiger partial charge in [-0.05, 0) is 74.4 Å². The summed E-state index contributed by atoms with van der Waals surface area (Å²) in [5, 5.41) is 9.43. The number of carbonyl (C=O) groups is 3. The standard InChI is InChI=1S/C27H35N5O6/c1-17-14-19(15-18(2)29-17)16-38-22-6-4-21(5-7-22)27(28)10-13-32(25(27)34)23(24(33)30-36)20-8-11-31(12-9-20)26(35)37-3/h4-7,14-15,20,23,36H,8-13,16,28H2,1-3H3,(H,30,33)/t23-,27?/m1/s1. The minimum Gasteiger partial charge on any atom is -0.489 e. The summed E-state index contributed by atoms with van der Waals surface area (Å²) in [5.41, 5.74) is 10.5. The Morgan fingerprint density at radius 3 is 2.37 bits per heavy atom. The highest BCUT2D eigenvalue weighted by Gasteiger charge is 2.50. The van der Waals surface area contributed by atoms with Gasteiger partial charge in [-0.1, -0.05) is 12.1 Å². The number of nitrogens with one attached hydrogen (secondary N) is 1. The van der Waals surface area contributed by atoms with Crippen molar-refractivity contribution in [1.82, 2.24) is 20.3 Å². The Morgan fingerprint density at radius 2 is 1.79 bits per heavy atom. The molecular formula is C27H35N5O6. The number of carbonyl (C=O) groups excluding carboxylic acids is 3. The molecule has 0 spiro atoms. The molecule has 4 N–H and O–H groups in total. The Hall–Kier alpha value is -3.70. The molecule has 3 heterocycles. The summed E-state index contributed by atoms with van der Waals surface area (Å²) >= 11 is 0. The van der Waals surface area contributed by atoms with Crippen molar-refractivity contribution in [1.29, 1.82) is 0 Å². The fraction of sp³-hybridized carbons (Fsp3) is 0.481. The van der Waals surface area contributed by atoms with Gasteiger partial charge >= 0.3 is 6.09 Å². The number of aryl methyl sites for hydroxylation is 2. The van der Waals surface area contributed by atoms with Crippen LogP contribution in [0.25, 0.3) is 0 Å². The maximum absolute atomic E-state index is 13.6. The number of piperidine rings is 1. The average Bonchev–Trinajstić information content (AvgIpc) is 3.22. The van der Waals surface area contributed by atoms with Crippen molar-refractivity contribution in [2.75, 3.05) is 26.7 Å². The van der Waals surface area contributed by atoms with E-state index in [1.165, 1.54) is 12.0 Å². The first-order valence-electron chi connectivity index (χ1n) is 12.7. The van der Waals surface area contributed by atoms with E-state index >= 15 is 0 Å². The molecule has 1 unspecified atom stereocenters. The largest absolute Gasteiger partial charge is 0.489 e. The number of hydrogen-bond donors (Lipinski definition) is 3. The molecule has 0 aliphatic carbocycles. The number of benzene rings is 1. The molecule has 0 saturated carbocycles. The first-order valence-corrected chi connectivity index (χ1v) is 12.7. The zero-order chi connectivity index (χ0) is 27.4. The number of amides is 3. The second-order valence-corrected chi connectivity index (χ2v) is 10.0. The number of rotatable bonds is 7. The lowest BCUT2D eigenvalue weighted by molar-refractivity contribution is -0.147. The Balaban J connectivity index is 1.45. The maximum Gasteiger partial charge on any atom is 0.409 e. The predicted octanol–water partition coefficient (Wildman–Crippen LogP) is 2.02. The molecule has 204 valence electrons. The van der Waals surface area contributed by atoms with E-state index in [0.717, 1.165) is 17.0 Å². The van der Waals surface area contributed by atoms with Crippen LogP contribution in [-0.4, -0.2) is 70.7 Å². The van der Waals surface area contributed by atoms with E-state index in [1.54, 1.807) is 34.6 Å². The summed E-state index contributed by atoms with van der Waals surface area (Å²) in [6.45, 7) is 5.31. The number of ether oxygens (including phenoxy) is 2. The molecule has 2 fully saturated rings. The number of nitrogens with two attached hydrogens (primary N) is 1. The van der Waals surface area contributed by atoms with Gasteiger partial charge in [0.25, 0.3) is 5.91 Å². The van der Waals surface area contributed by atoms with E-state index < -0.39 is 23.6 Å². The molecule has 2 saturated heterocycles. The van der Waals surface area contributed by atoms with Crippen LogP contribution in [0.1, 0.15) is 41.8 Å². The minimum absolute atomic E-state index is 0.245. The molecule has 2 atom stereocenters. The second-order valence-electron chi connectivity index (χ2n) is 10.0. The van der Waals surface area contributed by atoms with Crippen LogP contribution in [0, 0.1) is 19.8 Å². The van der Waals surface area contributed by atoms with E-state index in [0.29, 0.717) is 50.3 Å². The topological polar surface area (TPSA) is 147 Å². The average molecular weight is 526 g/mol. The fourth-order valence-corrected chi connectivity index (χ4v) is 5.52. The van der Waals surface area contributed by atoms with Gasteiger partial charge in [0.05, 0.1) is 7.11 Å². The third-order valence-corrected chi connectivity index (χ3v) is 7.44. The zero-order valence-electron chi connectivity index (χ0n) is 22.0. The van der Waals surface area contributed by atoms with Gasteiger partial charge in [-0.15, -0.1) is 0 Å². The SMILES string of the molecule is COC(=O)N1CCC([C@H](C(=O)NO)N2CCC(N)(c3ccc(OCc4cc(C)nc(C)c4)cc3)C2=O)CC1. The van der Waals surface area contributed by atoms with Crippen molar-refractivity contribution in [2.45, 2.75) is 51.3 Å². The summed E-state index contributed by atoms with van der Waals surface area (Å²) in [6, 6.07) is 10.2. The lowest BCUT2D eigenvalue weighted by Crippen LogP contribution is -2.56. The molecule has 38 heavy (non-hydrogen) atoms. The number of likely N-dealkylation sites (tertiary alicyclic amines) is 2. The van der Waals surface area contributed by atoms with Crippen molar-refractivity contribution in [3.05, 3.63) is 58.9 Å². The van der Waals surface area contributed by atoms with Crippen LogP contribution in [0.5, 0.6) is 5.75 Å². The van der Waals surface area contributed by atoms with Crippen LogP contribution in [0.2, 0.25) is 0 Å². The number of nitrogens with zero attached hydrogens (tertiary/aromatic N) is 3. The van der Waals surface area contributed by atoms with Crippen LogP contribution in [0.15, 0.2) is 36.4 Å². The molecule has 2 aliphatic heterocycles. The number of pyridine rings is 1. The fourth-order valence-electron chi connectivity index (χ4n) is 5.52. The molecule has 2 aliphatic rings. The normalized spacial score (nSPS) is 20.8. The highest BCUT2D eigenvalue weighted by molar-refractivity contribution is 5.94. The number of hydrogen-bond acceptors (Lipinski definition) is 8. The Kier molecular flexibility index (Phi) is 8.17. The molecule has 11 nitrogen and oxygen atoms in total. The quantitative estimate of drug-likeness (QED) is 0.367. The van der Waals surface area contributed by atoms with E-state index in [9.17, 15) is 19.6 Å². The Labute approximate surface area is 221 Å². The van der Waals surface area contributed by atoms with Crippen molar-refractivity contribution in [3.8, 4) is 5.75 Å². The van der Waals surface area contributed by atoms with Crippen LogP contribution in [-0.2, 0) is 26.5 Å².